The molecule has 29 heavy (non-hydrogen) atoms. The molecule has 0 saturated carbocycles. The summed E-state index contributed by atoms with van der Waals surface area (Å²) in [6, 6.07) is 11.3. The predicted octanol–water partition coefficient (Wildman–Crippen LogP) is 4.16. The summed E-state index contributed by atoms with van der Waals surface area (Å²) in [5.74, 6) is -1.69. The fraction of sp³-hybridized carbons (Fsp3) is 0.304. The predicted molar refractivity (Wildman–Crippen MR) is 106 cm³/mol. The molecule has 0 N–H and O–H groups in total. The summed E-state index contributed by atoms with van der Waals surface area (Å²) in [6.45, 7) is 1.88. The van der Waals surface area contributed by atoms with Gasteiger partial charge in [0.2, 0.25) is 0 Å². The molecule has 1 aliphatic carbocycles. The summed E-state index contributed by atoms with van der Waals surface area (Å²) in [4.78, 5) is 25.5. The van der Waals surface area contributed by atoms with E-state index in [1.807, 2.05) is 0 Å². The molecule has 0 radical (unpaired) electrons. The lowest BCUT2D eigenvalue weighted by molar-refractivity contribution is -0.151. The largest absolute Gasteiger partial charge is 0.497 e. The van der Waals surface area contributed by atoms with Gasteiger partial charge in [0.15, 0.2) is 5.78 Å². The van der Waals surface area contributed by atoms with Crippen molar-refractivity contribution in [1.29, 1.82) is 0 Å². The Kier molecular flexibility index (Phi) is 6.32. The zero-order chi connectivity index (χ0) is 21.0. The molecule has 1 aliphatic rings. The number of halogens is 1. The van der Waals surface area contributed by atoms with Gasteiger partial charge >= 0.3 is 5.97 Å². The molecule has 5 nitrogen and oxygen atoms in total. The first-order valence-electron chi connectivity index (χ1n) is 9.36. The fourth-order valence-electron chi connectivity index (χ4n) is 3.63. The fourth-order valence-corrected chi connectivity index (χ4v) is 3.63. The molecule has 2 aromatic carbocycles. The molecule has 0 aromatic heterocycles. The van der Waals surface area contributed by atoms with Crippen molar-refractivity contribution in [2.75, 3.05) is 20.8 Å². The second kappa shape index (κ2) is 8.90. The molecule has 0 aliphatic heterocycles. The van der Waals surface area contributed by atoms with Crippen LogP contribution in [0, 0.1) is 11.7 Å². The Morgan fingerprint density at radius 3 is 2.38 bits per heavy atom. The standard InChI is InChI=1S/C23H23FO5/c1-4-29-23(26)22-20(16-9-18(27-2)13-19(10-16)28-3)11-15(12-21(22)25)14-6-5-7-17(24)8-14/h5-10,12-13,20,22H,4,11H2,1-3H3/t20-,22-/m0/s1. The van der Waals surface area contributed by atoms with E-state index in [9.17, 15) is 14.0 Å². The van der Waals surface area contributed by atoms with Gasteiger partial charge in [-0.15, -0.1) is 0 Å². The minimum absolute atomic E-state index is 0.178. The van der Waals surface area contributed by atoms with Gasteiger partial charge in [-0.25, -0.2) is 4.39 Å². The zero-order valence-corrected chi connectivity index (χ0v) is 16.6. The highest BCUT2D eigenvalue weighted by molar-refractivity contribution is 6.10. The molecule has 152 valence electrons. The first kappa shape index (κ1) is 20.6. The van der Waals surface area contributed by atoms with Crippen LogP contribution in [0.1, 0.15) is 30.4 Å². The lowest BCUT2D eigenvalue weighted by Gasteiger charge is -2.30. The number of ether oxygens (including phenoxy) is 3. The maximum Gasteiger partial charge on any atom is 0.317 e. The average Bonchev–Trinajstić information content (AvgIpc) is 2.72. The van der Waals surface area contributed by atoms with Crippen molar-refractivity contribution in [1.82, 2.24) is 0 Å². The van der Waals surface area contributed by atoms with Crippen LogP contribution < -0.4 is 9.47 Å². The van der Waals surface area contributed by atoms with E-state index in [2.05, 4.69) is 0 Å². The first-order valence-corrected chi connectivity index (χ1v) is 9.36. The second-order valence-electron chi connectivity index (χ2n) is 6.77. The van der Waals surface area contributed by atoms with Crippen molar-refractivity contribution < 1.29 is 28.2 Å². The monoisotopic (exact) mass is 398 g/mol. The maximum atomic E-state index is 13.7. The number of methoxy groups -OCH3 is 2. The quantitative estimate of drug-likeness (QED) is 0.540. The third-order valence-corrected chi connectivity index (χ3v) is 5.00. The second-order valence-corrected chi connectivity index (χ2v) is 6.77. The van der Waals surface area contributed by atoms with E-state index < -0.39 is 17.8 Å². The van der Waals surface area contributed by atoms with Crippen LogP contribution in [0.15, 0.2) is 48.5 Å². The lowest BCUT2D eigenvalue weighted by atomic mass is 9.73. The third-order valence-electron chi connectivity index (χ3n) is 5.00. The summed E-state index contributed by atoms with van der Waals surface area (Å²) in [5.41, 5.74) is 2.00. The minimum Gasteiger partial charge on any atom is -0.497 e. The summed E-state index contributed by atoms with van der Waals surface area (Å²) in [7, 11) is 3.07. The molecule has 0 saturated heterocycles. The van der Waals surface area contributed by atoms with E-state index in [0.29, 0.717) is 29.1 Å². The topological polar surface area (TPSA) is 61.8 Å². The molecule has 2 atom stereocenters. The van der Waals surface area contributed by atoms with Crippen molar-refractivity contribution in [3.05, 3.63) is 65.5 Å². The molecule has 3 rings (SSSR count). The third kappa shape index (κ3) is 4.47. The van der Waals surface area contributed by atoms with Gasteiger partial charge in [-0.1, -0.05) is 12.1 Å². The Morgan fingerprint density at radius 2 is 1.79 bits per heavy atom. The summed E-state index contributed by atoms with van der Waals surface area (Å²) in [5, 5.41) is 0. The average molecular weight is 398 g/mol. The molecule has 0 spiro atoms. The molecule has 0 amide bonds. The van der Waals surface area contributed by atoms with Crippen molar-refractivity contribution in [2.45, 2.75) is 19.3 Å². The van der Waals surface area contributed by atoms with Gasteiger partial charge in [-0.2, -0.15) is 0 Å². The number of carbonyl (C=O) groups excluding carboxylic acids is 2. The van der Waals surface area contributed by atoms with E-state index in [1.54, 1.807) is 37.3 Å². The lowest BCUT2D eigenvalue weighted by Crippen LogP contribution is -2.34. The van der Waals surface area contributed by atoms with Gasteiger partial charge in [0.1, 0.15) is 23.2 Å². The summed E-state index contributed by atoms with van der Waals surface area (Å²) < 4.78 is 29.6. The molecule has 2 aromatic rings. The molecule has 0 unspecified atom stereocenters. The van der Waals surface area contributed by atoms with Crippen LogP contribution in [0.4, 0.5) is 4.39 Å². The summed E-state index contributed by atoms with van der Waals surface area (Å²) in [6.07, 6.45) is 1.79. The Morgan fingerprint density at radius 1 is 1.10 bits per heavy atom. The number of allylic oxidation sites excluding steroid dienone is 2. The van der Waals surface area contributed by atoms with Crippen LogP contribution >= 0.6 is 0 Å². The van der Waals surface area contributed by atoms with Crippen LogP contribution in [-0.4, -0.2) is 32.6 Å². The number of ketones is 1. The van der Waals surface area contributed by atoms with Crippen molar-refractivity contribution in [2.24, 2.45) is 5.92 Å². The van der Waals surface area contributed by atoms with Crippen molar-refractivity contribution in [3.8, 4) is 11.5 Å². The normalized spacial score (nSPS) is 18.8. The summed E-state index contributed by atoms with van der Waals surface area (Å²) >= 11 is 0. The highest BCUT2D eigenvalue weighted by atomic mass is 19.1. The molecule has 6 heteroatoms. The molecule has 0 bridgehead atoms. The molecule has 0 fully saturated rings. The number of hydrogen-bond donors (Lipinski definition) is 0. The minimum atomic E-state index is -0.982. The van der Waals surface area contributed by atoms with E-state index in [0.717, 1.165) is 5.56 Å². The van der Waals surface area contributed by atoms with Crippen LogP contribution in [0.25, 0.3) is 5.57 Å². The number of rotatable bonds is 6. The zero-order valence-electron chi connectivity index (χ0n) is 16.6. The Hall–Kier alpha value is -3.15. The van der Waals surface area contributed by atoms with Crippen LogP contribution in [0.5, 0.6) is 11.5 Å². The van der Waals surface area contributed by atoms with E-state index >= 15 is 0 Å². The van der Waals surface area contributed by atoms with Gasteiger partial charge in [-0.05, 0) is 60.4 Å². The van der Waals surface area contributed by atoms with Crippen LogP contribution in [-0.2, 0) is 14.3 Å². The van der Waals surface area contributed by atoms with Gasteiger partial charge in [-0.3, -0.25) is 9.59 Å². The van der Waals surface area contributed by atoms with Gasteiger partial charge in [0.25, 0.3) is 0 Å². The SMILES string of the molecule is CCOC(=O)[C@@H]1C(=O)C=C(c2cccc(F)c2)C[C@H]1c1cc(OC)cc(OC)c1. The van der Waals surface area contributed by atoms with Crippen LogP contribution in [0.3, 0.4) is 0 Å². The molecular formula is C23H23FO5. The number of hydrogen-bond acceptors (Lipinski definition) is 5. The number of esters is 1. The first-order chi connectivity index (χ1) is 14.0. The Balaban J connectivity index is 2.09. The molecular weight excluding hydrogens is 375 g/mol. The number of benzene rings is 2. The Bertz CT molecular complexity index is 928. The van der Waals surface area contributed by atoms with E-state index in [1.165, 1.54) is 32.4 Å². The Labute approximate surface area is 169 Å². The van der Waals surface area contributed by atoms with Gasteiger partial charge < -0.3 is 14.2 Å². The highest BCUT2D eigenvalue weighted by Gasteiger charge is 2.40. The number of carbonyl (C=O) groups is 2. The van der Waals surface area contributed by atoms with E-state index in [-0.39, 0.29) is 18.2 Å². The van der Waals surface area contributed by atoms with Crippen molar-refractivity contribution in [3.63, 3.8) is 0 Å². The highest BCUT2D eigenvalue weighted by Crippen LogP contribution is 2.42. The van der Waals surface area contributed by atoms with Gasteiger partial charge in [0.05, 0.1) is 20.8 Å². The van der Waals surface area contributed by atoms with Crippen molar-refractivity contribution >= 4 is 17.3 Å². The van der Waals surface area contributed by atoms with Gasteiger partial charge in [0, 0.05) is 12.0 Å². The smallest absolute Gasteiger partial charge is 0.317 e. The molecule has 0 heterocycles. The maximum absolute atomic E-state index is 13.7. The van der Waals surface area contributed by atoms with E-state index in [4.69, 9.17) is 14.2 Å². The van der Waals surface area contributed by atoms with Crippen LogP contribution in [0.2, 0.25) is 0 Å².